The van der Waals surface area contributed by atoms with Gasteiger partial charge in [0.2, 0.25) is 0 Å². The molecule has 1 aliphatic carbocycles. The second kappa shape index (κ2) is 4.21. The standard InChI is InChI=1S/C11H13NO5/c1-5-10(14)12-9-7(13)3-6(11(15)16-2)4-8(9)17-5/h3,7-9,13H,1,4H2,2H3,(H,12,14)/t7-,8+,9+/m0/s1. The van der Waals surface area contributed by atoms with E-state index in [2.05, 4.69) is 16.6 Å². The van der Waals surface area contributed by atoms with Crippen LogP contribution < -0.4 is 5.32 Å². The predicted molar refractivity (Wildman–Crippen MR) is 56.7 cm³/mol. The molecule has 0 radical (unpaired) electrons. The summed E-state index contributed by atoms with van der Waals surface area (Å²) in [6.45, 7) is 3.45. The highest BCUT2D eigenvalue weighted by Crippen LogP contribution is 2.27. The molecule has 1 fully saturated rings. The van der Waals surface area contributed by atoms with Gasteiger partial charge in [-0.15, -0.1) is 0 Å². The van der Waals surface area contributed by atoms with Crippen molar-refractivity contribution in [3.63, 3.8) is 0 Å². The number of fused-ring (bicyclic) bond motifs is 1. The van der Waals surface area contributed by atoms with Crippen LogP contribution in [0.2, 0.25) is 0 Å². The number of hydrogen-bond acceptors (Lipinski definition) is 5. The van der Waals surface area contributed by atoms with Gasteiger partial charge in [0.05, 0.1) is 19.3 Å². The Labute approximate surface area is 97.9 Å². The molecule has 0 aromatic carbocycles. The normalized spacial score (nSPS) is 31.9. The zero-order chi connectivity index (χ0) is 12.6. The Morgan fingerprint density at radius 2 is 2.41 bits per heavy atom. The van der Waals surface area contributed by atoms with Gasteiger partial charge in [-0.05, 0) is 6.08 Å². The number of amides is 1. The van der Waals surface area contributed by atoms with E-state index >= 15 is 0 Å². The average molecular weight is 239 g/mol. The molecule has 0 bridgehead atoms. The van der Waals surface area contributed by atoms with E-state index in [1.54, 1.807) is 0 Å². The van der Waals surface area contributed by atoms with E-state index in [4.69, 9.17) is 4.74 Å². The van der Waals surface area contributed by atoms with Gasteiger partial charge in [0.15, 0.2) is 5.76 Å². The van der Waals surface area contributed by atoms with E-state index in [1.807, 2.05) is 0 Å². The topological polar surface area (TPSA) is 84.9 Å². The number of carbonyl (C=O) groups excluding carboxylic acids is 2. The molecular weight excluding hydrogens is 226 g/mol. The molecule has 0 aromatic rings. The minimum atomic E-state index is -0.972. The Balaban J connectivity index is 2.21. The van der Waals surface area contributed by atoms with Crippen LogP contribution in [-0.2, 0) is 19.1 Å². The Morgan fingerprint density at radius 3 is 3.06 bits per heavy atom. The molecule has 1 heterocycles. The fraction of sp³-hybridized carbons (Fsp3) is 0.455. The number of esters is 1. The monoisotopic (exact) mass is 239 g/mol. The molecule has 1 aliphatic heterocycles. The molecule has 17 heavy (non-hydrogen) atoms. The quantitative estimate of drug-likeness (QED) is 0.464. The fourth-order valence-electron chi connectivity index (χ4n) is 1.99. The van der Waals surface area contributed by atoms with Gasteiger partial charge < -0.3 is 19.9 Å². The van der Waals surface area contributed by atoms with Crippen molar-refractivity contribution in [3.05, 3.63) is 24.0 Å². The van der Waals surface area contributed by atoms with Crippen molar-refractivity contribution in [2.24, 2.45) is 0 Å². The number of carbonyl (C=O) groups is 2. The molecule has 6 heteroatoms. The van der Waals surface area contributed by atoms with Gasteiger partial charge in [0.25, 0.3) is 5.91 Å². The van der Waals surface area contributed by atoms with Crippen LogP contribution in [0.15, 0.2) is 24.0 Å². The number of methoxy groups -OCH3 is 1. The van der Waals surface area contributed by atoms with Gasteiger partial charge in [-0.2, -0.15) is 0 Å². The van der Waals surface area contributed by atoms with Gasteiger partial charge in [-0.3, -0.25) is 4.79 Å². The minimum Gasteiger partial charge on any atom is -0.483 e. The summed E-state index contributed by atoms with van der Waals surface area (Å²) in [5, 5.41) is 12.4. The number of rotatable bonds is 1. The van der Waals surface area contributed by atoms with Gasteiger partial charge in [0.1, 0.15) is 6.10 Å². The number of aliphatic hydroxyl groups is 1. The Morgan fingerprint density at radius 1 is 1.71 bits per heavy atom. The molecule has 0 saturated carbocycles. The number of hydrogen-bond donors (Lipinski definition) is 2. The third kappa shape index (κ3) is 2.03. The maximum absolute atomic E-state index is 11.4. The van der Waals surface area contributed by atoms with Crippen LogP contribution in [0.25, 0.3) is 0 Å². The first-order valence-corrected chi connectivity index (χ1v) is 5.16. The van der Waals surface area contributed by atoms with Crippen LogP contribution in [0.1, 0.15) is 6.42 Å². The van der Waals surface area contributed by atoms with Crippen molar-refractivity contribution < 1.29 is 24.2 Å². The van der Waals surface area contributed by atoms with Crippen molar-refractivity contribution in [2.75, 3.05) is 7.11 Å². The molecule has 0 spiro atoms. The van der Waals surface area contributed by atoms with Crippen LogP contribution in [0.5, 0.6) is 0 Å². The number of ether oxygens (including phenoxy) is 2. The van der Waals surface area contributed by atoms with E-state index in [9.17, 15) is 14.7 Å². The van der Waals surface area contributed by atoms with Gasteiger partial charge in [-0.25, -0.2) is 4.79 Å². The van der Waals surface area contributed by atoms with Crippen LogP contribution in [0, 0.1) is 0 Å². The molecule has 92 valence electrons. The van der Waals surface area contributed by atoms with E-state index in [1.165, 1.54) is 13.2 Å². The van der Waals surface area contributed by atoms with Crippen molar-refractivity contribution >= 4 is 11.9 Å². The molecular formula is C11H13NO5. The summed E-state index contributed by atoms with van der Waals surface area (Å²) in [5.74, 6) is -0.960. The summed E-state index contributed by atoms with van der Waals surface area (Å²) in [7, 11) is 1.27. The molecule has 1 amide bonds. The lowest BCUT2D eigenvalue weighted by Crippen LogP contribution is -2.57. The zero-order valence-electron chi connectivity index (χ0n) is 9.30. The van der Waals surface area contributed by atoms with Gasteiger partial charge in [-0.1, -0.05) is 6.58 Å². The number of aliphatic hydroxyl groups excluding tert-OH is 1. The molecule has 0 aromatic heterocycles. The second-order valence-corrected chi connectivity index (χ2v) is 3.96. The van der Waals surface area contributed by atoms with Crippen molar-refractivity contribution in [1.29, 1.82) is 0 Å². The Bertz CT molecular complexity index is 414. The van der Waals surface area contributed by atoms with Crippen molar-refractivity contribution in [2.45, 2.75) is 24.7 Å². The summed E-state index contributed by atoms with van der Waals surface area (Å²) in [4.78, 5) is 22.7. The summed E-state index contributed by atoms with van der Waals surface area (Å²) in [6, 6.07) is -0.554. The maximum Gasteiger partial charge on any atom is 0.333 e. The summed E-state index contributed by atoms with van der Waals surface area (Å²) in [6.07, 6.45) is 0.188. The second-order valence-electron chi connectivity index (χ2n) is 3.96. The smallest absolute Gasteiger partial charge is 0.333 e. The zero-order valence-corrected chi connectivity index (χ0v) is 9.30. The van der Waals surface area contributed by atoms with Crippen LogP contribution >= 0.6 is 0 Å². The first-order valence-electron chi connectivity index (χ1n) is 5.16. The van der Waals surface area contributed by atoms with Crippen LogP contribution in [0.4, 0.5) is 0 Å². The Hall–Kier alpha value is -1.82. The highest BCUT2D eigenvalue weighted by atomic mass is 16.5. The van der Waals surface area contributed by atoms with Crippen molar-refractivity contribution in [3.8, 4) is 0 Å². The lowest BCUT2D eigenvalue weighted by Gasteiger charge is -2.38. The van der Waals surface area contributed by atoms with Gasteiger partial charge >= 0.3 is 5.97 Å². The number of morpholine rings is 1. The van der Waals surface area contributed by atoms with Crippen LogP contribution in [-0.4, -0.2) is 42.3 Å². The lowest BCUT2D eigenvalue weighted by atomic mass is 9.89. The van der Waals surface area contributed by atoms with E-state index < -0.39 is 30.1 Å². The predicted octanol–water partition coefficient (Wildman–Crippen LogP) is -0.752. The highest BCUT2D eigenvalue weighted by molar-refractivity contribution is 5.92. The largest absolute Gasteiger partial charge is 0.483 e. The fourth-order valence-corrected chi connectivity index (χ4v) is 1.99. The SMILES string of the molecule is C=C1O[C@@H]2CC(C(=O)OC)=C[C@H](O)[C@H]2NC1=O. The molecule has 0 unspecified atom stereocenters. The summed E-state index contributed by atoms with van der Waals surface area (Å²) in [5.41, 5.74) is 0.338. The Kier molecular flexibility index (Phi) is 2.89. The summed E-state index contributed by atoms with van der Waals surface area (Å²) >= 11 is 0. The third-order valence-corrected chi connectivity index (χ3v) is 2.85. The van der Waals surface area contributed by atoms with E-state index in [0.29, 0.717) is 5.57 Å². The first kappa shape index (κ1) is 11.7. The number of nitrogens with one attached hydrogen (secondary N) is 1. The minimum absolute atomic E-state index is 0.00966. The highest BCUT2D eigenvalue weighted by Gasteiger charge is 2.41. The lowest BCUT2D eigenvalue weighted by molar-refractivity contribution is -0.138. The molecule has 2 rings (SSSR count). The molecule has 2 aliphatic rings. The molecule has 1 saturated heterocycles. The maximum atomic E-state index is 11.4. The van der Waals surface area contributed by atoms with E-state index in [-0.39, 0.29) is 12.2 Å². The summed E-state index contributed by atoms with van der Waals surface area (Å²) < 4.78 is 9.86. The van der Waals surface area contributed by atoms with Gasteiger partial charge in [0, 0.05) is 12.0 Å². The molecule has 3 atom stereocenters. The van der Waals surface area contributed by atoms with Crippen molar-refractivity contribution in [1.82, 2.24) is 5.32 Å². The molecule has 6 nitrogen and oxygen atoms in total. The first-order chi connectivity index (χ1) is 8.02. The third-order valence-electron chi connectivity index (χ3n) is 2.85. The van der Waals surface area contributed by atoms with Crippen LogP contribution in [0.3, 0.4) is 0 Å². The van der Waals surface area contributed by atoms with E-state index in [0.717, 1.165) is 0 Å². The average Bonchev–Trinajstić information content (AvgIpc) is 2.30. The molecule has 2 N–H and O–H groups in total.